The van der Waals surface area contributed by atoms with Crippen LogP contribution in [0.1, 0.15) is 125 Å². The van der Waals surface area contributed by atoms with Gasteiger partial charge < -0.3 is 0 Å². The molecule has 0 bridgehead atoms. The van der Waals surface area contributed by atoms with E-state index in [2.05, 4.69) is 125 Å². The van der Waals surface area contributed by atoms with E-state index < -0.39 is 22.5 Å². The molecule has 166 valence electrons. The second kappa shape index (κ2) is 7.48. The van der Waals surface area contributed by atoms with Gasteiger partial charge in [0.1, 0.15) is 0 Å². The van der Waals surface area contributed by atoms with Gasteiger partial charge in [0.25, 0.3) is 0 Å². The summed E-state index contributed by atoms with van der Waals surface area (Å²) in [6.45, 7) is 46.4. The Labute approximate surface area is 186 Å². The second-order valence-corrected chi connectivity index (χ2v) is 41.6. The fourth-order valence-corrected chi connectivity index (χ4v) is 88.6. The molecular formula is C24H54Si4. The lowest BCUT2D eigenvalue weighted by molar-refractivity contribution is 0.544. The van der Waals surface area contributed by atoms with Crippen LogP contribution < -0.4 is 0 Å². The molecule has 0 rings (SSSR count). The summed E-state index contributed by atoms with van der Waals surface area (Å²) in [4.78, 5) is 0. The Morgan fingerprint density at radius 3 is 0.536 bits per heavy atom. The first-order valence-electron chi connectivity index (χ1n) is 11.2. The molecule has 0 unspecified atom stereocenters. The zero-order valence-corrected chi connectivity index (χ0v) is 27.0. The Morgan fingerprint density at radius 2 is 0.464 bits per heavy atom. The van der Waals surface area contributed by atoms with E-state index in [1.165, 1.54) is 0 Å². The molecule has 0 aliphatic rings. The van der Waals surface area contributed by atoms with E-state index >= 15 is 0 Å². The van der Waals surface area contributed by atoms with Crippen LogP contribution in [-0.2, 0) is 0 Å². The summed E-state index contributed by atoms with van der Waals surface area (Å²) in [6.07, 6.45) is 0. The lowest BCUT2D eigenvalue weighted by Gasteiger charge is -2.72. The highest BCUT2D eigenvalue weighted by atomic mass is 29.9. The predicted molar refractivity (Wildman–Crippen MR) is 141 cm³/mol. The van der Waals surface area contributed by atoms with Gasteiger partial charge in [-0.1, -0.05) is 125 Å². The second-order valence-electron chi connectivity index (χ2n) is 15.4. The molecule has 28 heavy (non-hydrogen) atoms. The molecule has 0 aliphatic carbocycles. The minimum absolute atomic E-state index is 0.333. The van der Waals surface area contributed by atoms with E-state index in [0.29, 0.717) is 30.2 Å². The predicted octanol–water partition coefficient (Wildman–Crippen LogP) is 9.00. The highest BCUT2D eigenvalue weighted by molar-refractivity contribution is 7.76. The first-order chi connectivity index (χ1) is 11.7. The zero-order valence-electron chi connectivity index (χ0n) is 23.0. The molecule has 0 atom stereocenters. The van der Waals surface area contributed by atoms with Crippen molar-refractivity contribution in [3.05, 3.63) is 0 Å². The molecule has 0 amide bonds. The minimum atomic E-state index is -1.89. The van der Waals surface area contributed by atoms with Crippen molar-refractivity contribution in [3.63, 3.8) is 0 Å². The van der Waals surface area contributed by atoms with Gasteiger partial charge in [-0.3, -0.25) is 0 Å². The van der Waals surface area contributed by atoms with Crippen LogP contribution in [0.2, 0.25) is 30.2 Å². The third kappa shape index (κ3) is 4.02. The molecule has 0 aliphatic heterocycles. The smallest absolute Gasteiger partial charge is 0.0548 e. The summed E-state index contributed by atoms with van der Waals surface area (Å²) in [7, 11) is 0.208. The quantitative estimate of drug-likeness (QED) is 0.365. The molecule has 0 nitrogen and oxygen atoms in total. The number of hydrogen-bond donors (Lipinski definition) is 0. The Balaban J connectivity index is 7.83. The molecule has 0 spiro atoms. The first kappa shape index (κ1) is 28.9. The summed E-state index contributed by atoms with van der Waals surface area (Å²) in [5.41, 5.74) is 0. The van der Waals surface area contributed by atoms with E-state index in [1.54, 1.807) is 0 Å². The monoisotopic (exact) mass is 454 g/mol. The minimum Gasteiger partial charge on any atom is -0.0628 e. The molecule has 0 aromatic heterocycles. The van der Waals surface area contributed by atoms with Crippen molar-refractivity contribution < 1.29 is 0 Å². The van der Waals surface area contributed by atoms with Gasteiger partial charge in [-0.2, -0.15) is 0 Å². The van der Waals surface area contributed by atoms with E-state index in [9.17, 15) is 0 Å². The van der Waals surface area contributed by atoms with Gasteiger partial charge in [-0.15, -0.1) is 0 Å². The lowest BCUT2D eigenvalue weighted by atomic mass is 10.2. The number of rotatable bonds is 2. The molecule has 0 fully saturated rings. The average molecular weight is 455 g/mol. The zero-order chi connectivity index (χ0) is 23.6. The van der Waals surface area contributed by atoms with Crippen LogP contribution in [0.15, 0.2) is 0 Å². The van der Waals surface area contributed by atoms with Crippen molar-refractivity contribution in [2.45, 2.75) is 155 Å². The Kier molecular flexibility index (Phi) is 7.71. The summed E-state index contributed by atoms with van der Waals surface area (Å²) in [6, 6.07) is 0. The molecule has 0 saturated carbocycles. The van der Waals surface area contributed by atoms with E-state index in [4.69, 9.17) is 9.76 Å². The van der Waals surface area contributed by atoms with Crippen molar-refractivity contribution >= 4 is 32.3 Å². The van der Waals surface area contributed by atoms with E-state index in [-0.39, 0.29) is 0 Å². The third-order valence-electron chi connectivity index (χ3n) is 7.50. The van der Waals surface area contributed by atoms with Crippen molar-refractivity contribution in [1.29, 1.82) is 0 Å². The van der Waals surface area contributed by atoms with Gasteiger partial charge in [-0.05, 0) is 30.2 Å². The molecule has 4 heteroatoms. The summed E-state index contributed by atoms with van der Waals surface area (Å²) < 4.78 is 0. The summed E-state index contributed by atoms with van der Waals surface area (Å²) in [5, 5.41) is 2.00. The normalized spacial score (nSPS) is 16.7. The fraction of sp³-hybridized carbons (Fsp3) is 1.00. The Morgan fingerprint density at radius 1 is 0.357 bits per heavy atom. The SMILES string of the molecule is CC(C)(C)[Si]([Si]([Si])[Si](C(C)(C)C)(C(C)(C)C)C(C)(C)C)(C(C)(C)C)C(C)(C)C. The third-order valence-corrected chi connectivity index (χ3v) is 54.0. The summed E-state index contributed by atoms with van der Waals surface area (Å²) in [5.74, 6) is 0. The molecule has 0 saturated heterocycles. The molecule has 0 N–H and O–H groups in total. The highest BCUT2D eigenvalue weighted by Crippen LogP contribution is 2.70. The Hall–Kier alpha value is 0.868. The van der Waals surface area contributed by atoms with Gasteiger partial charge in [0.15, 0.2) is 0 Å². The molecule has 0 heterocycles. The Bertz CT molecular complexity index is 412. The van der Waals surface area contributed by atoms with Gasteiger partial charge in [0.05, 0.1) is 15.2 Å². The molecule has 0 aromatic rings. The van der Waals surface area contributed by atoms with Crippen molar-refractivity contribution in [3.8, 4) is 0 Å². The van der Waals surface area contributed by atoms with E-state index in [1.807, 2.05) is 0 Å². The van der Waals surface area contributed by atoms with Gasteiger partial charge in [0, 0.05) is 17.1 Å². The number of hydrogen-bond acceptors (Lipinski definition) is 0. The average Bonchev–Trinajstić information content (AvgIpc) is 2.14. The topological polar surface area (TPSA) is 0 Å². The van der Waals surface area contributed by atoms with Crippen molar-refractivity contribution in [2.75, 3.05) is 0 Å². The lowest BCUT2D eigenvalue weighted by Crippen LogP contribution is -2.83. The maximum absolute atomic E-state index is 4.84. The van der Waals surface area contributed by atoms with Crippen LogP contribution in [0.4, 0.5) is 0 Å². The van der Waals surface area contributed by atoms with Crippen LogP contribution in [0.5, 0.6) is 0 Å². The van der Waals surface area contributed by atoms with Crippen LogP contribution in [0.25, 0.3) is 0 Å². The van der Waals surface area contributed by atoms with Gasteiger partial charge in [0.2, 0.25) is 0 Å². The van der Waals surface area contributed by atoms with Crippen molar-refractivity contribution in [2.24, 2.45) is 0 Å². The van der Waals surface area contributed by atoms with Gasteiger partial charge in [-0.25, -0.2) is 0 Å². The van der Waals surface area contributed by atoms with E-state index in [0.717, 1.165) is 0 Å². The standard InChI is InChI=1S/C24H54Si4/c1-19(2,3)27(20(4,5)6,21(7,8)9)26(25)28(22(10,11)12,23(13,14)15)24(16,17)18/h1-18H3. The maximum atomic E-state index is 4.84. The highest BCUT2D eigenvalue weighted by Gasteiger charge is 2.73. The summed E-state index contributed by atoms with van der Waals surface area (Å²) >= 11 is 0. The first-order valence-corrected chi connectivity index (χ1v) is 20.2. The molecular weight excluding hydrogens is 401 g/mol. The largest absolute Gasteiger partial charge is 0.0628 e. The van der Waals surface area contributed by atoms with Crippen LogP contribution in [-0.4, -0.2) is 32.3 Å². The van der Waals surface area contributed by atoms with Crippen molar-refractivity contribution in [1.82, 2.24) is 0 Å². The maximum Gasteiger partial charge on any atom is 0.0548 e. The molecule has 4 radical (unpaired) electrons. The van der Waals surface area contributed by atoms with Crippen LogP contribution in [0.3, 0.4) is 0 Å². The van der Waals surface area contributed by atoms with Crippen LogP contribution >= 0.6 is 0 Å². The fourth-order valence-electron chi connectivity index (χ4n) is 9.28. The van der Waals surface area contributed by atoms with Gasteiger partial charge >= 0.3 is 0 Å². The van der Waals surface area contributed by atoms with Crippen LogP contribution in [0, 0.1) is 0 Å². The molecule has 0 aromatic carbocycles.